The molecule has 0 radical (unpaired) electrons. The van der Waals surface area contributed by atoms with Crippen LogP contribution in [0.15, 0.2) is 48.1 Å². The maximum absolute atomic E-state index is 12.9. The number of carbonyl (C=O) groups excluding carboxylic acids is 2. The number of piperidine rings is 1. The molecule has 3 heterocycles. The van der Waals surface area contributed by atoms with Crippen molar-refractivity contribution in [2.75, 3.05) is 19.6 Å². The molecule has 0 bridgehead atoms. The van der Waals surface area contributed by atoms with Crippen molar-refractivity contribution < 1.29 is 9.59 Å². The highest BCUT2D eigenvalue weighted by atomic mass is 32.1. The number of para-hydroxylation sites is 1. The Labute approximate surface area is 173 Å². The number of likely N-dealkylation sites (tertiary alicyclic amines) is 1. The fourth-order valence-electron chi connectivity index (χ4n) is 3.52. The van der Waals surface area contributed by atoms with Gasteiger partial charge in [0.1, 0.15) is 10.7 Å². The first-order chi connectivity index (χ1) is 14.2. The van der Waals surface area contributed by atoms with Crippen LogP contribution in [0.3, 0.4) is 0 Å². The van der Waals surface area contributed by atoms with Crippen molar-refractivity contribution in [1.29, 1.82) is 0 Å². The van der Waals surface area contributed by atoms with Gasteiger partial charge in [-0.1, -0.05) is 18.2 Å². The van der Waals surface area contributed by atoms with Gasteiger partial charge in [0.15, 0.2) is 0 Å². The summed E-state index contributed by atoms with van der Waals surface area (Å²) in [5.74, 6) is -0.232. The largest absolute Gasteiger partial charge is 0.356 e. The normalized spacial score (nSPS) is 16.6. The minimum atomic E-state index is -0.144. The fourth-order valence-corrected chi connectivity index (χ4v) is 4.29. The van der Waals surface area contributed by atoms with Crippen LogP contribution in [0.4, 0.5) is 0 Å². The molecular formula is C21H23N5O2S. The molecule has 8 heteroatoms. The number of benzene rings is 1. The molecule has 2 amide bonds. The van der Waals surface area contributed by atoms with Gasteiger partial charge in [0.2, 0.25) is 5.91 Å². The lowest BCUT2D eigenvalue weighted by atomic mass is 9.97. The van der Waals surface area contributed by atoms with Crippen molar-refractivity contribution in [3.8, 4) is 16.3 Å². The molecule has 0 spiro atoms. The SMILES string of the molecule is CCNC(=O)C1CCCN(C(=O)c2csc(-c3cnn(-c4ccccc4)c3)n2)C1. The second-order valence-corrected chi connectivity index (χ2v) is 7.89. The van der Waals surface area contributed by atoms with E-state index in [0.717, 1.165) is 29.1 Å². The molecule has 1 fully saturated rings. The molecule has 1 N–H and O–H groups in total. The molecule has 1 aliphatic heterocycles. The van der Waals surface area contributed by atoms with E-state index >= 15 is 0 Å². The van der Waals surface area contributed by atoms with E-state index < -0.39 is 0 Å². The molecule has 3 aromatic rings. The van der Waals surface area contributed by atoms with E-state index in [2.05, 4.69) is 15.4 Å². The van der Waals surface area contributed by atoms with Crippen molar-refractivity contribution in [2.24, 2.45) is 5.92 Å². The Kier molecular flexibility index (Phi) is 5.71. The van der Waals surface area contributed by atoms with Crippen LogP contribution in [0.25, 0.3) is 16.3 Å². The van der Waals surface area contributed by atoms with Gasteiger partial charge in [-0.15, -0.1) is 11.3 Å². The molecule has 0 aliphatic carbocycles. The number of nitrogens with zero attached hydrogens (tertiary/aromatic N) is 4. The smallest absolute Gasteiger partial charge is 0.273 e. The van der Waals surface area contributed by atoms with E-state index in [9.17, 15) is 9.59 Å². The third-order valence-electron chi connectivity index (χ3n) is 5.00. The molecule has 150 valence electrons. The minimum absolute atomic E-state index is 0.0253. The van der Waals surface area contributed by atoms with Gasteiger partial charge in [0, 0.05) is 36.8 Å². The first kappa shape index (κ1) is 19.3. The summed E-state index contributed by atoms with van der Waals surface area (Å²) in [4.78, 5) is 31.3. The first-order valence-electron chi connectivity index (χ1n) is 9.78. The van der Waals surface area contributed by atoms with Gasteiger partial charge >= 0.3 is 0 Å². The van der Waals surface area contributed by atoms with Gasteiger partial charge in [-0.05, 0) is 31.9 Å². The van der Waals surface area contributed by atoms with Gasteiger partial charge in [-0.2, -0.15) is 5.10 Å². The van der Waals surface area contributed by atoms with Crippen LogP contribution in [-0.2, 0) is 4.79 Å². The van der Waals surface area contributed by atoms with E-state index in [4.69, 9.17) is 0 Å². The molecule has 29 heavy (non-hydrogen) atoms. The second kappa shape index (κ2) is 8.57. The molecule has 2 aromatic heterocycles. The molecular weight excluding hydrogens is 386 g/mol. The molecule has 0 saturated carbocycles. The van der Waals surface area contributed by atoms with Crippen LogP contribution in [0.2, 0.25) is 0 Å². The summed E-state index contributed by atoms with van der Waals surface area (Å²) >= 11 is 1.43. The summed E-state index contributed by atoms with van der Waals surface area (Å²) in [6, 6.07) is 9.85. The summed E-state index contributed by atoms with van der Waals surface area (Å²) in [5, 5.41) is 9.80. The van der Waals surface area contributed by atoms with Crippen LogP contribution >= 0.6 is 11.3 Å². The van der Waals surface area contributed by atoms with Crippen molar-refractivity contribution in [3.05, 3.63) is 53.8 Å². The Balaban J connectivity index is 1.47. The van der Waals surface area contributed by atoms with Gasteiger partial charge in [-0.25, -0.2) is 9.67 Å². The van der Waals surface area contributed by atoms with Gasteiger partial charge < -0.3 is 10.2 Å². The zero-order valence-electron chi connectivity index (χ0n) is 16.2. The number of nitrogens with one attached hydrogen (secondary N) is 1. The van der Waals surface area contributed by atoms with E-state index in [1.807, 2.05) is 43.5 Å². The van der Waals surface area contributed by atoms with Crippen molar-refractivity contribution in [1.82, 2.24) is 25.0 Å². The average Bonchev–Trinajstić information content (AvgIpc) is 3.44. The van der Waals surface area contributed by atoms with Crippen LogP contribution in [0.1, 0.15) is 30.3 Å². The summed E-state index contributed by atoms with van der Waals surface area (Å²) in [6.45, 7) is 3.62. The predicted molar refractivity (Wildman–Crippen MR) is 112 cm³/mol. The Morgan fingerprint density at radius 2 is 2.10 bits per heavy atom. The number of hydrogen-bond donors (Lipinski definition) is 1. The third-order valence-corrected chi connectivity index (χ3v) is 5.90. The molecule has 7 nitrogen and oxygen atoms in total. The highest BCUT2D eigenvalue weighted by Crippen LogP contribution is 2.26. The monoisotopic (exact) mass is 409 g/mol. The fraction of sp³-hybridized carbons (Fsp3) is 0.333. The van der Waals surface area contributed by atoms with Gasteiger partial charge in [-0.3, -0.25) is 9.59 Å². The van der Waals surface area contributed by atoms with E-state index in [1.165, 1.54) is 11.3 Å². The lowest BCUT2D eigenvalue weighted by Gasteiger charge is -2.31. The molecule has 1 atom stereocenters. The Morgan fingerprint density at radius 1 is 1.28 bits per heavy atom. The Bertz CT molecular complexity index is 997. The number of hydrogen-bond acceptors (Lipinski definition) is 5. The summed E-state index contributed by atoms with van der Waals surface area (Å²) < 4.78 is 1.79. The van der Waals surface area contributed by atoms with E-state index in [-0.39, 0.29) is 17.7 Å². The van der Waals surface area contributed by atoms with Crippen molar-refractivity contribution in [3.63, 3.8) is 0 Å². The number of thiazole rings is 1. The molecule has 1 aromatic carbocycles. The van der Waals surface area contributed by atoms with Crippen molar-refractivity contribution in [2.45, 2.75) is 19.8 Å². The average molecular weight is 410 g/mol. The van der Waals surface area contributed by atoms with Crippen LogP contribution in [-0.4, -0.2) is 51.1 Å². The van der Waals surface area contributed by atoms with Crippen LogP contribution in [0.5, 0.6) is 0 Å². The lowest BCUT2D eigenvalue weighted by molar-refractivity contribution is -0.126. The molecule has 1 saturated heterocycles. The number of aromatic nitrogens is 3. The maximum Gasteiger partial charge on any atom is 0.273 e. The number of amides is 2. The Hall–Kier alpha value is -3.00. The predicted octanol–water partition coefficient (Wildman–Crippen LogP) is 2.98. The third kappa shape index (κ3) is 4.22. The number of rotatable bonds is 5. The first-order valence-corrected chi connectivity index (χ1v) is 10.7. The second-order valence-electron chi connectivity index (χ2n) is 7.03. The van der Waals surface area contributed by atoms with Crippen LogP contribution in [0, 0.1) is 5.92 Å². The highest BCUT2D eigenvalue weighted by molar-refractivity contribution is 7.13. The van der Waals surface area contributed by atoms with Crippen molar-refractivity contribution >= 4 is 23.2 Å². The quantitative estimate of drug-likeness (QED) is 0.703. The topological polar surface area (TPSA) is 80.1 Å². The zero-order valence-corrected chi connectivity index (χ0v) is 17.1. The maximum atomic E-state index is 12.9. The minimum Gasteiger partial charge on any atom is -0.356 e. The van der Waals surface area contributed by atoms with Gasteiger partial charge in [0.25, 0.3) is 5.91 Å². The molecule has 4 rings (SSSR count). The standard InChI is InChI=1S/C21H23N5O2S/c1-2-22-19(27)15-7-6-10-25(12-15)21(28)18-14-29-20(24-18)16-11-23-26(13-16)17-8-4-3-5-9-17/h3-5,8-9,11,13-15H,2,6-7,10,12H2,1H3,(H,22,27). The summed E-state index contributed by atoms with van der Waals surface area (Å²) in [7, 11) is 0. The van der Waals surface area contributed by atoms with E-state index in [1.54, 1.807) is 21.2 Å². The lowest BCUT2D eigenvalue weighted by Crippen LogP contribution is -2.45. The molecule has 1 aliphatic rings. The van der Waals surface area contributed by atoms with Gasteiger partial charge in [0.05, 0.1) is 17.8 Å². The van der Waals surface area contributed by atoms with Crippen LogP contribution < -0.4 is 5.32 Å². The Morgan fingerprint density at radius 3 is 2.90 bits per heavy atom. The van der Waals surface area contributed by atoms with E-state index in [0.29, 0.717) is 25.3 Å². The summed E-state index contributed by atoms with van der Waals surface area (Å²) in [5.41, 5.74) is 2.27. The highest BCUT2D eigenvalue weighted by Gasteiger charge is 2.29. The zero-order chi connectivity index (χ0) is 20.2. The summed E-state index contributed by atoms with van der Waals surface area (Å²) in [6.07, 6.45) is 5.31. The molecule has 1 unspecified atom stereocenters. The number of carbonyl (C=O) groups is 2.